The van der Waals surface area contributed by atoms with Crippen LogP contribution in [0.4, 0.5) is 22.7 Å². The maximum atomic E-state index is 9.67. The van der Waals surface area contributed by atoms with Gasteiger partial charge < -0.3 is 45.7 Å². The van der Waals surface area contributed by atoms with E-state index in [1.807, 2.05) is 121 Å². The van der Waals surface area contributed by atoms with Crippen molar-refractivity contribution in [2.45, 2.75) is 0 Å². The van der Waals surface area contributed by atoms with E-state index in [1.165, 1.54) is 0 Å². The first-order chi connectivity index (χ1) is 19.7. The van der Waals surface area contributed by atoms with Gasteiger partial charge in [-0.05, 0) is 48.6 Å². The van der Waals surface area contributed by atoms with Crippen molar-refractivity contribution < 1.29 is 45.0 Å². The van der Waals surface area contributed by atoms with Crippen LogP contribution in [0.3, 0.4) is 0 Å². The summed E-state index contributed by atoms with van der Waals surface area (Å²) in [5.41, 5.74) is 3.86. The molecule has 0 saturated carbocycles. The normalized spacial score (nSPS) is 11.5. The Kier molecular flexibility index (Phi) is 18.1. The maximum Gasteiger partial charge on any atom is 0.209 e. The van der Waals surface area contributed by atoms with Gasteiger partial charge >= 0.3 is 0 Å². The van der Waals surface area contributed by atoms with Gasteiger partial charge in [0.25, 0.3) is 0 Å². The molecule has 42 heavy (non-hydrogen) atoms. The van der Waals surface area contributed by atoms with Gasteiger partial charge in [0.2, 0.25) is 23.8 Å². The van der Waals surface area contributed by atoms with Crippen molar-refractivity contribution in [1.29, 1.82) is 0 Å². The molecule has 4 aromatic rings. The number of nitrogens with one attached hydrogen (secondary N) is 4. The number of aliphatic hydroxyl groups excluding tert-OH is 2. The summed E-state index contributed by atoms with van der Waals surface area (Å²) in [4.78, 5) is 6.01. The smallest absolute Gasteiger partial charge is 0.209 e. The van der Waals surface area contributed by atoms with Crippen LogP contribution in [0.2, 0.25) is 0 Å². The lowest BCUT2D eigenvalue weighted by Crippen LogP contribution is -3.00. The molecule has 0 amide bonds. The quantitative estimate of drug-likeness (QED) is 0.0807. The highest BCUT2D eigenvalue weighted by atomic mass is 35.5. The molecule has 0 aliphatic heterocycles. The number of para-hydroxylation sites is 4. The van der Waals surface area contributed by atoms with Gasteiger partial charge in [0, 0.05) is 48.0 Å². The largest absolute Gasteiger partial charge is 1.00 e. The monoisotopic (exact) mass is 600 g/mol. The van der Waals surface area contributed by atoms with Crippen LogP contribution in [0.5, 0.6) is 0 Å². The minimum atomic E-state index is 0. The summed E-state index contributed by atoms with van der Waals surface area (Å²) in [7, 11) is 0. The van der Waals surface area contributed by atoms with E-state index in [1.54, 1.807) is 49.1 Å². The highest BCUT2D eigenvalue weighted by molar-refractivity contribution is 5.72. The van der Waals surface area contributed by atoms with Crippen LogP contribution in [0, 0.1) is 0 Å². The molecule has 0 aliphatic carbocycles. The predicted molar refractivity (Wildman–Crippen MR) is 166 cm³/mol. The molecule has 0 heterocycles. The molecule has 0 bridgehead atoms. The lowest BCUT2D eigenvalue weighted by Gasteiger charge is -1.97. The molecule has 8 heteroatoms. The highest BCUT2D eigenvalue weighted by Gasteiger charge is 1.94. The molecule has 0 aliphatic rings. The number of anilines is 2. The van der Waals surface area contributed by atoms with Crippen molar-refractivity contribution >= 4 is 35.2 Å². The fourth-order valence-corrected chi connectivity index (χ4v) is 3.13. The van der Waals surface area contributed by atoms with Gasteiger partial charge in [-0.15, -0.1) is 0 Å². The van der Waals surface area contributed by atoms with Crippen molar-refractivity contribution in [2.24, 2.45) is 0 Å². The second-order valence-electron chi connectivity index (χ2n) is 8.23. The molecule has 0 aromatic heterocycles. The summed E-state index contributed by atoms with van der Waals surface area (Å²) in [6.45, 7) is 0. The van der Waals surface area contributed by atoms with Crippen LogP contribution < -0.4 is 45.4 Å². The standard InChI is InChI=1S/2C17H16N2O.2ClH/c2*20-17(14-19-16-10-5-2-6-11-16)12-7-13-18-15-8-3-1-4-9-15;;/h2*1-14,18,20H;2*1H/b2*13-7+,17-12-,19-14?;;. The Labute approximate surface area is 259 Å². The zero-order valence-electron chi connectivity index (χ0n) is 22.8. The van der Waals surface area contributed by atoms with Crippen molar-refractivity contribution in [3.63, 3.8) is 0 Å². The van der Waals surface area contributed by atoms with E-state index >= 15 is 0 Å². The van der Waals surface area contributed by atoms with Gasteiger partial charge in [0.15, 0.2) is 11.5 Å². The van der Waals surface area contributed by atoms with E-state index in [0.29, 0.717) is 0 Å². The lowest BCUT2D eigenvalue weighted by atomic mass is 10.3. The Balaban J connectivity index is 0.000000401. The number of halogens is 2. The van der Waals surface area contributed by atoms with Crippen molar-refractivity contribution in [2.75, 3.05) is 10.6 Å². The Bertz CT molecular complexity index is 1330. The molecule has 216 valence electrons. The average molecular weight is 602 g/mol. The highest BCUT2D eigenvalue weighted by Crippen LogP contribution is 2.05. The maximum absolute atomic E-state index is 9.67. The van der Waals surface area contributed by atoms with Crippen LogP contribution in [-0.4, -0.2) is 22.6 Å². The summed E-state index contributed by atoms with van der Waals surface area (Å²) in [6.07, 6.45) is 13.3. The third-order valence-electron chi connectivity index (χ3n) is 5.10. The number of benzene rings is 4. The Morgan fingerprint density at radius 3 is 1.12 bits per heavy atom. The van der Waals surface area contributed by atoms with Crippen LogP contribution in [-0.2, 0) is 0 Å². The minimum Gasteiger partial charge on any atom is -1.00 e. The fourth-order valence-electron chi connectivity index (χ4n) is 3.13. The lowest BCUT2D eigenvalue weighted by molar-refractivity contribution is -0.348. The number of hydrogen-bond acceptors (Lipinski definition) is 4. The second-order valence-corrected chi connectivity index (χ2v) is 8.23. The van der Waals surface area contributed by atoms with Gasteiger partial charge in [-0.2, -0.15) is 0 Å². The molecule has 0 unspecified atom stereocenters. The molecule has 0 atom stereocenters. The van der Waals surface area contributed by atoms with Gasteiger partial charge in [0.1, 0.15) is 0 Å². The number of aliphatic hydroxyl groups is 2. The molecule has 0 saturated heterocycles. The van der Waals surface area contributed by atoms with E-state index in [-0.39, 0.29) is 36.3 Å². The first-order valence-corrected chi connectivity index (χ1v) is 12.7. The predicted octanol–water partition coefficient (Wildman–Crippen LogP) is -0.918. The van der Waals surface area contributed by atoms with E-state index in [0.717, 1.165) is 22.7 Å². The van der Waals surface area contributed by atoms with E-state index in [4.69, 9.17) is 0 Å². The first kappa shape index (κ1) is 35.0. The molecule has 0 spiro atoms. The van der Waals surface area contributed by atoms with Crippen molar-refractivity contribution in [3.8, 4) is 0 Å². The Hall–Kier alpha value is -5.04. The number of rotatable bonds is 10. The van der Waals surface area contributed by atoms with Gasteiger partial charge in [-0.3, -0.25) is 0 Å². The molecule has 0 radical (unpaired) electrons. The molecule has 0 fully saturated rings. The number of allylic oxidation sites excluding steroid dienone is 6. The third kappa shape index (κ3) is 15.5. The van der Waals surface area contributed by atoms with Gasteiger partial charge in [-0.25, -0.2) is 9.98 Å². The zero-order valence-corrected chi connectivity index (χ0v) is 24.3. The summed E-state index contributed by atoms with van der Waals surface area (Å²) in [6, 6.07) is 39.0. The SMILES string of the molecule is O/C(C=[NH+]c1ccccc1)=C\C=C\Nc1ccccc1.O/C(C=[NH+]c1ccccc1)=C\C=C\Nc1ccccc1.[Cl-].[Cl-]. The first-order valence-electron chi connectivity index (χ1n) is 12.7. The average Bonchev–Trinajstić information content (AvgIpc) is 3.02. The molecule has 6 N–H and O–H groups in total. The van der Waals surface area contributed by atoms with E-state index in [9.17, 15) is 10.2 Å². The van der Waals surface area contributed by atoms with Crippen LogP contribution in [0.15, 0.2) is 170 Å². The van der Waals surface area contributed by atoms with Gasteiger partial charge in [-0.1, -0.05) is 72.8 Å². The minimum absolute atomic E-state index is 0. The summed E-state index contributed by atoms with van der Waals surface area (Å²) < 4.78 is 0. The van der Waals surface area contributed by atoms with Gasteiger partial charge in [0.05, 0.1) is 0 Å². The second kappa shape index (κ2) is 21.7. The summed E-state index contributed by atoms with van der Waals surface area (Å²) >= 11 is 0. The summed E-state index contributed by atoms with van der Waals surface area (Å²) in [5, 5.41) is 25.5. The molecular weight excluding hydrogens is 567 g/mol. The third-order valence-corrected chi connectivity index (χ3v) is 5.10. The molecular formula is C34H34Cl2N4O2. The van der Waals surface area contributed by atoms with E-state index in [2.05, 4.69) is 20.6 Å². The van der Waals surface area contributed by atoms with E-state index < -0.39 is 0 Å². The summed E-state index contributed by atoms with van der Waals surface area (Å²) in [5.74, 6) is 0.305. The fraction of sp³-hybridized carbons (Fsp3) is 0. The topological polar surface area (TPSA) is 92.5 Å². The van der Waals surface area contributed by atoms with Crippen LogP contribution in [0.25, 0.3) is 0 Å². The Morgan fingerprint density at radius 2 is 0.786 bits per heavy atom. The number of hydrogen-bond donors (Lipinski definition) is 6. The molecule has 4 aromatic carbocycles. The molecule has 6 nitrogen and oxygen atoms in total. The Morgan fingerprint density at radius 1 is 0.476 bits per heavy atom. The zero-order chi connectivity index (χ0) is 28.1. The van der Waals surface area contributed by atoms with Crippen molar-refractivity contribution in [3.05, 3.63) is 170 Å². The van der Waals surface area contributed by atoms with Crippen LogP contribution in [0.1, 0.15) is 0 Å². The van der Waals surface area contributed by atoms with Crippen LogP contribution >= 0.6 is 0 Å². The van der Waals surface area contributed by atoms with Crippen molar-refractivity contribution in [1.82, 2.24) is 0 Å². The molecule has 4 rings (SSSR count).